The summed E-state index contributed by atoms with van der Waals surface area (Å²) in [5.74, 6) is 1.92. The van der Waals surface area contributed by atoms with E-state index < -0.39 is 6.10 Å². The lowest BCUT2D eigenvalue weighted by Gasteiger charge is -2.20. The van der Waals surface area contributed by atoms with Crippen molar-refractivity contribution in [3.8, 4) is 23.3 Å². The van der Waals surface area contributed by atoms with Crippen molar-refractivity contribution in [3.05, 3.63) is 92.8 Å². The maximum absolute atomic E-state index is 13.3. The van der Waals surface area contributed by atoms with Gasteiger partial charge in [0.15, 0.2) is 11.6 Å². The van der Waals surface area contributed by atoms with Gasteiger partial charge in [-0.05, 0) is 43.5 Å². The number of anilines is 2. The smallest absolute Gasteiger partial charge is 0.326 e. The van der Waals surface area contributed by atoms with Gasteiger partial charge in [0.05, 0.1) is 43.0 Å². The lowest BCUT2D eigenvalue weighted by Crippen LogP contribution is -2.20. The zero-order chi connectivity index (χ0) is 34.2. The second-order valence-corrected chi connectivity index (χ2v) is 12.0. The van der Waals surface area contributed by atoms with Crippen LogP contribution in [0.2, 0.25) is 0 Å². The number of nitrogens with one attached hydrogen (secondary N) is 2. The van der Waals surface area contributed by atoms with Crippen LogP contribution in [0.15, 0.2) is 64.3 Å². The van der Waals surface area contributed by atoms with Gasteiger partial charge in [0.2, 0.25) is 11.8 Å². The Kier molecular flexibility index (Phi) is 8.02. The van der Waals surface area contributed by atoms with E-state index in [0.717, 1.165) is 19.3 Å². The standard InChI is InChI=1S/C34H34N10O6/c35-31-29-22-15-27(39-31)49-14-4-1-3-12-48-25-10-9-19(38-21(25)18-44(22)34(46)41-29)26-7-2-5-13-47-24-8-6-11-37-20(24)17-43-23-16-28(50-26)40-32(36)30(23)42-33(43)45/h2,5-6,8-11,15-16,26H,1,3-4,7,12-14,17-18H2,(H2,35,39)(H2,36,40)(H,41,46)(H,42,45)/b5-2+. The Morgan fingerprint density at radius 2 is 1.42 bits per heavy atom. The number of imidazole rings is 2. The number of hydrogen-bond donors (Lipinski definition) is 4. The molecule has 0 aliphatic carbocycles. The second-order valence-electron chi connectivity index (χ2n) is 12.0. The second kappa shape index (κ2) is 12.9. The average molecular weight is 679 g/mol. The summed E-state index contributed by atoms with van der Waals surface area (Å²) in [4.78, 5) is 50.2. The van der Waals surface area contributed by atoms with Crippen LogP contribution >= 0.6 is 0 Å². The number of aromatic nitrogens is 8. The van der Waals surface area contributed by atoms with Crippen LogP contribution < -0.4 is 41.8 Å². The molecule has 2 aliphatic rings. The van der Waals surface area contributed by atoms with Crippen LogP contribution in [0.4, 0.5) is 11.6 Å². The van der Waals surface area contributed by atoms with Crippen LogP contribution in [0, 0.1) is 0 Å². The van der Waals surface area contributed by atoms with Gasteiger partial charge < -0.3 is 40.4 Å². The van der Waals surface area contributed by atoms with E-state index in [2.05, 4.69) is 24.9 Å². The molecule has 6 aromatic rings. The largest absolute Gasteiger partial charge is 0.492 e. The highest BCUT2D eigenvalue weighted by Crippen LogP contribution is 2.31. The van der Waals surface area contributed by atoms with Crippen LogP contribution in [-0.4, -0.2) is 58.9 Å². The third-order valence-electron chi connectivity index (χ3n) is 8.70. The predicted octanol–water partition coefficient (Wildman–Crippen LogP) is 3.21. The minimum absolute atomic E-state index is 0.0710. The quantitative estimate of drug-likeness (QED) is 0.184. The molecule has 1 atom stereocenters. The van der Waals surface area contributed by atoms with Gasteiger partial charge >= 0.3 is 11.4 Å². The van der Waals surface area contributed by atoms with E-state index in [-0.39, 0.29) is 48.6 Å². The fourth-order valence-corrected chi connectivity index (χ4v) is 6.20. The summed E-state index contributed by atoms with van der Waals surface area (Å²) < 4.78 is 27.7. The first-order valence-corrected chi connectivity index (χ1v) is 16.3. The fourth-order valence-electron chi connectivity index (χ4n) is 6.20. The fraction of sp³-hybridized carbons (Fsp3) is 0.294. The monoisotopic (exact) mass is 678 g/mol. The molecule has 0 spiro atoms. The number of hydrogen-bond acceptors (Lipinski definition) is 12. The molecule has 16 nitrogen and oxygen atoms in total. The number of nitrogens with zero attached hydrogens (tertiary/aromatic N) is 6. The minimum atomic E-state index is -0.649. The normalized spacial score (nSPS) is 17.4. The van der Waals surface area contributed by atoms with Crippen molar-refractivity contribution in [2.45, 2.75) is 44.9 Å². The number of rotatable bonds is 1. The molecule has 2 aliphatic heterocycles. The molecule has 0 amide bonds. The van der Waals surface area contributed by atoms with Gasteiger partial charge in [-0.1, -0.05) is 12.2 Å². The van der Waals surface area contributed by atoms with Crippen molar-refractivity contribution in [1.82, 2.24) is 39.0 Å². The summed E-state index contributed by atoms with van der Waals surface area (Å²) in [5.41, 5.74) is 15.3. The Hall–Kier alpha value is -6.32. The van der Waals surface area contributed by atoms with Gasteiger partial charge in [0, 0.05) is 24.8 Å². The Morgan fingerprint density at radius 1 is 0.740 bits per heavy atom. The molecule has 4 bridgehead atoms. The van der Waals surface area contributed by atoms with E-state index in [1.807, 2.05) is 30.4 Å². The third kappa shape index (κ3) is 5.95. The highest BCUT2D eigenvalue weighted by Gasteiger charge is 2.23. The lowest BCUT2D eigenvalue weighted by molar-refractivity contribution is 0.195. The average Bonchev–Trinajstić information content (AvgIpc) is 3.59. The zero-order valence-corrected chi connectivity index (χ0v) is 26.9. The molecule has 0 aromatic carbocycles. The maximum atomic E-state index is 13.3. The highest BCUT2D eigenvalue weighted by atomic mass is 16.5. The number of nitrogen functional groups attached to an aromatic ring is 2. The summed E-state index contributed by atoms with van der Waals surface area (Å²) >= 11 is 0. The van der Waals surface area contributed by atoms with Gasteiger partial charge in [-0.15, -0.1) is 0 Å². The van der Waals surface area contributed by atoms with E-state index >= 15 is 0 Å². The number of pyridine rings is 4. The Bertz CT molecular complexity index is 2370. The SMILES string of the molecule is Nc1nc2cc3c1[nH]c(=O)n3Cc1nc(C3C/C=C/COc4cccnc4Cn4c(=O)[nH]c5c(N)nc(cc54)O3)ccc1OCCCCCO2. The van der Waals surface area contributed by atoms with Crippen molar-refractivity contribution in [2.75, 3.05) is 31.3 Å². The number of fused-ring (bicyclic) bond motifs is 4. The molecule has 8 rings (SSSR count). The first kappa shape index (κ1) is 31.0. The summed E-state index contributed by atoms with van der Waals surface area (Å²) in [5, 5.41) is 0. The Labute approximate surface area is 283 Å². The molecule has 16 heteroatoms. The molecule has 50 heavy (non-hydrogen) atoms. The van der Waals surface area contributed by atoms with Crippen LogP contribution in [0.1, 0.15) is 48.9 Å². The number of nitrogens with two attached hydrogens (primary N) is 2. The molecule has 0 saturated heterocycles. The number of ether oxygens (including phenoxy) is 4. The highest BCUT2D eigenvalue weighted by molar-refractivity contribution is 5.86. The van der Waals surface area contributed by atoms with Gasteiger partial charge in [0.1, 0.15) is 46.6 Å². The molecule has 0 saturated carbocycles. The van der Waals surface area contributed by atoms with Crippen LogP contribution in [0.25, 0.3) is 22.1 Å². The van der Waals surface area contributed by atoms with E-state index in [1.165, 1.54) is 9.13 Å². The van der Waals surface area contributed by atoms with Gasteiger partial charge in [-0.25, -0.2) is 14.6 Å². The van der Waals surface area contributed by atoms with Crippen molar-refractivity contribution in [3.63, 3.8) is 0 Å². The van der Waals surface area contributed by atoms with E-state index in [1.54, 1.807) is 24.4 Å². The molecular weight excluding hydrogens is 644 g/mol. The molecular formula is C34H34N10O6. The summed E-state index contributed by atoms with van der Waals surface area (Å²) in [6.07, 6.45) is 7.69. The molecule has 1 unspecified atom stereocenters. The molecule has 6 aromatic heterocycles. The minimum Gasteiger partial charge on any atom is -0.492 e. The van der Waals surface area contributed by atoms with Gasteiger partial charge in [0.25, 0.3) is 0 Å². The molecule has 8 heterocycles. The van der Waals surface area contributed by atoms with E-state index in [9.17, 15) is 9.59 Å². The topological polar surface area (TPSA) is 216 Å². The Balaban J connectivity index is 1.21. The van der Waals surface area contributed by atoms with Gasteiger partial charge in [-0.3, -0.25) is 14.1 Å². The summed E-state index contributed by atoms with van der Waals surface area (Å²) in [6.45, 7) is 1.40. The third-order valence-corrected chi connectivity index (χ3v) is 8.70. The number of aromatic amines is 2. The zero-order valence-electron chi connectivity index (χ0n) is 26.9. The van der Waals surface area contributed by atoms with E-state index in [4.69, 9.17) is 35.4 Å². The molecule has 0 fully saturated rings. The van der Waals surface area contributed by atoms with E-state index in [0.29, 0.717) is 76.2 Å². The number of H-pyrrole nitrogens is 2. The van der Waals surface area contributed by atoms with Gasteiger partial charge in [-0.2, -0.15) is 9.97 Å². The first-order valence-electron chi connectivity index (χ1n) is 16.3. The van der Waals surface area contributed by atoms with Crippen molar-refractivity contribution >= 4 is 33.7 Å². The molecule has 6 N–H and O–H groups in total. The molecule has 256 valence electrons. The van der Waals surface area contributed by atoms with Crippen LogP contribution in [0.3, 0.4) is 0 Å². The van der Waals surface area contributed by atoms with Crippen LogP contribution in [0.5, 0.6) is 23.3 Å². The first-order chi connectivity index (χ1) is 24.4. The predicted molar refractivity (Wildman–Crippen MR) is 184 cm³/mol. The summed E-state index contributed by atoms with van der Waals surface area (Å²) in [7, 11) is 0. The lowest BCUT2D eigenvalue weighted by atomic mass is 10.1. The Morgan fingerprint density at radius 3 is 2.20 bits per heavy atom. The van der Waals surface area contributed by atoms with Crippen LogP contribution in [-0.2, 0) is 13.1 Å². The van der Waals surface area contributed by atoms with Crippen molar-refractivity contribution in [1.29, 1.82) is 0 Å². The van der Waals surface area contributed by atoms with Crippen molar-refractivity contribution < 1.29 is 18.9 Å². The summed E-state index contributed by atoms with van der Waals surface area (Å²) in [6, 6.07) is 10.6. The van der Waals surface area contributed by atoms with Crippen molar-refractivity contribution in [2.24, 2.45) is 0 Å². The molecule has 0 radical (unpaired) electrons. The maximum Gasteiger partial charge on any atom is 0.326 e.